The van der Waals surface area contributed by atoms with Crippen molar-refractivity contribution in [2.75, 3.05) is 14.2 Å². The molecule has 0 aliphatic carbocycles. The molecule has 5 heteroatoms. The first-order chi connectivity index (χ1) is 9.65. The average molecular weight is 309 g/mol. The van der Waals surface area contributed by atoms with E-state index in [1.807, 2.05) is 11.4 Å². The first-order valence-electron chi connectivity index (χ1n) is 5.83. The lowest BCUT2D eigenvalue weighted by Gasteiger charge is -2.10. The number of carbonyl (C=O) groups is 1. The third-order valence-corrected chi connectivity index (χ3v) is 3.81. The number of hydrogen-bond donors (Lipinski definition) is 0. The molecule has 0 radical (unpaired) electrons. The zero-order valence-corrected chi connectivity index (χ0v) is 12.6. The van der Waals surface area contributed by atoms with E-state index in [-0.39, 0.29) is 5.78 Å². The van der Waals surface area contributed by atoms with Crippen molar-refractivity contribution < 1.29 is 14.3 Å². The van der Waals surface area contributed by atoms with Gasteiger partial charge >= 0.3 is 0 Å². The fourth-order valence-electron chi connectivity index (χ4n) is 1.71. The van der Waals surface area contributed by atoms with Crippen molar-refractivity contribution in [3.63, 3.8) is 0 Å². The SMILES string of the molecule is COc1cc(/C=C/C(=O)c2cccs2)cc(Cl)c1OC. The topological polar surface area (TPSA) is 35.5 Å². The number of thiophene rings is 1. The van der Waals surface area contributed by atoms with E-state index < -0.39 is 0 Å². The molecule has 0 saturated heterocycles. The van der Waals surface area contributed by atoms with Crippen molar-refractivity contribution in [3.05, 3.63) is 51.2 Å². The van der Waals surface area contributed by atoms with Gasteiger partial charge in [0.25, 0.3) is 0 Å². The Kier molecular flexibility index (Phi) is 4.82. The Morgan fingerprint density at radius 1 is 1.30 bits per heavy atom. The van der Waals surface area contributed by atoms with Crippen molar-refractivity contribution >= 4 is 34.8 Å². The minimum absolute atomic E-state index is 0.0362. The van der Waals surface area contributed by atoms with Crippen LogP contribution >= 0.6 is 22.9 Å². The van der Waals surface area contributed by atoms with E-state index >= 15 is 0 Å². The highest BCUT2D eigenvalue weighted by Crippen LogP contribution is 2.36. The van der Waals surface area contributed by atoms with Crippen LogP contribution < -0.4 is 9.47 Å². The first-order valence-corrected chi connectivity index (χ1v) is 7.09. The molecule has 0 aliphatic heterocycles. The number of benzene rings is 1. The molecule has 0 atom stereocenters. The van der Waals surface area contributed by atoms with Gasteiger partial charge in [-0.25, -0.2) is 0 Å². The van der Waals surface area contributed by atoms with Gasteiger partial charge in [0.05, 0.1) is 24.1 Å². The summed E-state index contributed by atoms with van der Waals surface area (Å²) in [6.45, 7) is 0. The number of rotatable bonds is 5. The van der Waals surface area contributed by atoms with Crippen LogP contribution in [-0.4, -0.2) is 20.0 Å². The zero-order valence-electron chi connectivity index (χ0n) is 11.1. The van der Waals surface area contributed by atoms with Crippen LogP contribution in [0.5, 0.6) is 11.5 Å². The maximum atomic E-state index is 11.9. The lowest BCUT2D eigenvalue weighted by molar-refractivity contribution is 0.105. The minimum atomic E-state index is -0.0362. The Morgan fingerprint density at radius 3 is 2.70 bits per heavy atom. The molecule has 0 saturated carbocycles. The van der Waals surface area contributed by atoms with Crippen LogP contribution in [0.3, 0.4) is 0 Å². The standard InChI is InChI=1S/C15H13ClO3S/c1-18-13-9-10(8-11(16)15(13)19-2)5-6-12(17)14-4-3-7-20-14/h3-9H,1-2H3/b6-5+. The van der Waals surface area contributed by atoms with Gasteiger partial charge < -0.3 is 9.47 Å². The van der Waals surface area contributed by atoms with Gasteiger partial charge in [-0.05, 0) is 35.2 Å². The summed E-state index contributed by atoms with van der Waals surface area (Å²) in [5, 5.41) is 2.31. The maximum absolute atomic E-state index is 11.9. The van der Waals surface area contributed by atoms with Gasteiger partial charge in [0.15, 0.2) is 17.3 Å². The summed E-state index contributed by atoms with van der Waals surface area (Å²) in [5.74, 6) is 0.977. The van der Waals surface area contributed by atoms with E-state index in [9.17, 15) is 4.79 Å². The molecule has 2 rings (SSSR count). The third kappa shape index (κ3) is 3.21. The number of methoxy groups -OCH3 is 2. The van der Waals surface area contributed by atoms with Crippen molar-refractivity contribution in [3.8, 4) is 11.5 Å². The predicted octanol–water partition coefficient (Wildman–Crippen LogP) is 4.31. The van der Waals surface area contributed by atoms with Gasteiger partial charge in [-0.1, -0.05) is 23.7 Å². The van der Waals surface area contributed by atoms with Gasteiger partial charge in [-0.2, -0.15) is 0 Å². The van der Waals surface area contributed by atoms with E-state index in [4.69, 9.17) is 21.1 Å². The number of hydrogen-bond acceptors (Lipinski definition) is 4. The summed E-state index contributed by atoms with van der Waals surface area (Å²) in [6, 6.07) is 7.13. The Labute approximate surface area is 126 Å². The lowest BCUT2D eigenvalue weighted by Crippen LogP contribution is -1.93. The lowest BCUT2D eigenvalue weighted by atomic mass is 10.1. The molecule has 0 amide bonds. The van der Waals surface area contributed by atoms with Crippen LogP contribution in [0.1, 0.15) is 15.2 Å². The number of ketones is 1. The van der Waals surface area contributed by atoms with Crippen LogP contribution in [0.4, 0.5) is 0 Å². The summed E-state index contributed by atoms with van der Waals surface area (Å²) in [6.07, 6.45) is 3.22. The molecule has 20 heavy (non-hydrogen) atoms. The molecule has 3 nitrogen and oxygen atoms in total. The summed E-state index contributed by atoms with van der Waals surface area (Å²) in [5.41, 5.74) is 0.776. The minimum Gasteiger partial charge on any atom is -0.493 e. The fourth-order valence-corrected chi connectivity index (χ4v) is 2.65. The average Bonchev–Trinajstić information content (AvgIpc) is 2.98. The molecule has 0 N–H and O–H groups in total. The van der Waals surface area contributed by atoms with E-state index in [0.717, 1.165) is 5.56 Å². The molecule has 1 heterocycles. The van der Waals surface area contributed by atoms with Crippen LogP contribution in [-0.2, 0) is 0 Å². The Balaban J connectivity index is 2.26. The van der Waals surface area contributed by atoms with Crippen LogP contribution in [0.15, 0.2) is 35.7 Å². The van der Waals surface area contributed by atoms with Gasteiger partial charge in [0, 0.05) is 0 Å². The molecule has 0 aliphatic rings. The normalized spacial score (nSPS) is 10.8. The molecule has 0 fully saturated rings. The Hall–Kier alpha value is -1.78. The summed E-state index contributed by atoms with van der Waals surface area (Å²) in [7, 11) is 3.07. The van der Waals surface area contributed by atoms with Crippen molar-refractivity contribution in [1.29, 1.82) is 0 Å². The highest BCUT2D eigenvalue weighted by molar-refractivity contribution is 7.12. The summed E-state index contributed by atoms with van der Waals surface area (Å²) in [4.78, 5) is 12.6. The second-order valence-electron chi connectivity index (χ2n) is 3.91. The molecule has 0 spiro atoms. The van der Waals surface area contributed by atoms with E-state index in [0.29, 0.717) is 21.4 Å². The molecule has 2 aromatic rings. The van der Waals surface area contributed by atoms with Gasteiger partial charge in [0.1, 0.15) is 0 Å². The van der Waals surface area contributed by atoms with Gasteiger partial charge in [0.2, 0.25) is 0 Å². The molecule has 1 aromatic heterocycles. The van der Waals surface area contributed by atoms with Gasteiger partial charge in [-0.3, -0.25) is 4.79 Å². The summed E-state index contributed by atoms with van der Waals surface area (Å²) >= 11 is 7.52. The van der Waals surface area contributed by atoms with Crippen molar-refractivity contribution in [2.45, 2.75) is 0 Å². The largest absolute Gasteiger partial charge is 0.493 e. The number of halogens is 1. The Morgan fingerprint density at radius 2 is 2.10 bits per heavy atom. The highest BCUT2D eigenvalue weighted by Gasteiger charge is 2.10. The molecular weight excluding hydrogens is 296 g/mol. The third-order valence-electron chi connectivity index (χ3n) is 2.65. The fraction of sp³-hybridized carbons (Fsp3) is 0.133. The smallest absolute Gasteiger partial charge is 0.195 e. The van der Waals surface area contributed by atoms with Crippen LogP contribution in [0.25, 0.3) is 6.08 Å². The second-order valence-corrected chi connectivity index (χ2v) is 5.27. The van der Waals surface area contributed by atoms with Crippen LogP contribution in [0.2, 0.25) is 5.02 Å². The number of ether oxygens (including phenoxy) is 2. The van der Waals surface area contributed by atoms with E-state index in [2.05, 4.69) is 0 Å². The number of allylic oxidation sites excluding steroid dienone is 1. The number of carbonyl (C=O) groups excluding carboxylic acids is 1. The Bertz CT molecular complexity index is 633. The monoisotopic (exact) mass is 308 g/mol. The molecule has 0 bridgehead atoms. The predicted molar refractivity (Wildman–Crippen MR) is 82.2 cm³/mol. The molecule has 1 aromatic carbocycles. The molecular formula is C15H13ClO3S. The molecule has 104 valence electrons. The van der Waals surface area contributed by atoms with Crippen molar-refractivity contribution in [2.24, 2.45) is 0 Å². The van der Waals surface area contributed by atoms with E-state index in [1.165, 1.54) is 24.5 Å². The van der Waals surface area contributed by atoms with Gasteiger partial charge in [-0.15, -0.1) is 11.3 Å². The van der Waals surface area contributed by atoms with Crippen molar-refractivity contribution in [1.82, 2.24) is 0 Å². The zero-order chi connectivity index (χ0) is 14.5. The quantitative estimate of drug-likeness (QED) is 0.610. The highest BCUT2D eigenvalue weighted by atomic mass is 35.5. The maximum Gasteiger partial charge on any atom is 0.195 e. The van der Waals surface area contributed by atoms with E-state index in [1.54, 1.807) is 31.4 Å². The second kappa shape index (κ2) is 6.59. The molecule has 0 unspecified atom stereocenters. The summed E-state index contributed by atoms with van der Waals surface area (Å²) < 4.78 is 10.4. The first kappa shape index (κ1) is 14.6. The van der Waals surface area contributed by atoms with Crippen LogP contribution in [0, 0.1) is 0 Å².